The molecule has 1 aromatic rings. The highest BCUT2D eigenvalue weighted by Crippen LogP contribution is 2.47. The number of hydrogen-bond acceptors (Lipinski definition) is 3. The van der Waals surface area contributed by atoms with Crippen molar-refractivity contribution in [3.05, 3.63) is 29.8 Å². The van der Waals surface area contributed by atoms with Gasteiger partial charge in [-0.2, -0.15) is 0 Å². The Bertz CT molecular complexity index is 496. The fourth-order valence-corrected chi connectivity index (χ4v) is 2.83. The molecule has 1 aromatic carbocycles. The molecule has 0 unspecified atom stereocenters. The lowest BCUT2D eigenvalue weighted by Crippen LogP contribution is -2.48. The summed E-state index contributed by atoms with van der Waals surface area (Å²) in [5.41, 5.74) is 8.39. The van der Waals surface area contributed by atoms with Gasteiger partial charge in [0.2, 0.25) is 5.91 Å². The SMILES string of the molecule is CN1CCN(c2cccc(C3(CN)CC3)c2)C(=O)C1. The van der Waals surface area contributed by atoms with Gasteiger partial charge in [-0.05, 0) is 37.6 Å². The van der Waals surface area contributed by atoms with E-state index in [0.29, 0.717) is 13.1 Å². The lowest BCUT2D eigenvalue weighted by Gasteiger charge is -2.32. The first kappa shape index (κ1) is 12.6. The molecule has 0 atom stereocenters. The number of nitrogens with zero attached hydrogens (tertiary/aromatic N) is 2. The summed E-state index contributed by atoms with van der Waals surface area (Å²) in [6.45, 7) is 2.91. The van der Waals surface area contributed by atoms with Gasteiger partial charge in [-0.3, -0.25) is 9.69 Å². The molecule has 2 fully saturated rings. The van der Waals surface area contributed by atoms with Gasteiger partial charge in [0.05, 0.1) is 6.54 Å². The van der Waals surface area contributed by atoms with E-state index < -0.39 is 0 Å². The Morgan fingerprint density at radius 1 is 1.32 bits per heavy atom. The summed E-state index contributed by atoms with van der Waals surface area (Å²) in [6, 6.07) is 8.37. The van der Waals surface area contributed by atoms with Crippen molar-refractivity contribution < 1.29 is 4.79 Å². The summed E-state index contributed by atoms with van der Waals surface area (Å²) < 4.78 is 0. The van der Waals surface area contributed by atoms with Gasteiger partial charge >= 0.3 is 0 Å². The summed E-state index contributed by atoms with van der Waals surface area (Å²) in [4.78, 5) is 16.1. The molecule has 3 rings (SSSR count). The van der Waals surface area contributed by atoms with E-state index in [9.17, 15) is 4.79 Å². The molecule has 1 aliphatic heterocycles. The van der Waals surface area contributed by atoms with Gasteiger partial charge < -0.3 is 10.6 Å². The number of carbonyl (C=O) groups is 1. The van der Waals surface area contributed by atoms with Crippen LogP contribution in [0.15, 0.2) is 24.3 Å². The Kier molecular flexibility index (Phi) is 3.07. The highest BCUT2D eigenvalue weighted by Gasteiger charge is 2.43. The number of nitrogens with two attached hydrogens (primary N) is 1. The fourth-order valence-electron chi connectivity index (χ4n) is 2.83. The maximum Gasteiger partial charge on any atom is 0.241 e. The third kappa shape index (κ3) is 2.26. The molecule has 1 aliphatic carbocycles. The molecule has 0 radical (unpaired) electrons. The van der Waals surface area contributed by atoms with E-state index in [4.69, 9.17) is 5.73 Å². The van der Waals surface area contributed by atoms with Crippen molar-refractivity contribution in [3.63, 3.8) is 0 Å². The molecule has 1 saturated carbocycles. The quantitative estimate of drug-likeness (QED) is 0.879. The monoisotopic (exact) mass is 259 g/mol. The van der Waals surface area contributed by atoms with E-state index >= 15 is 0 Å². The summed E-state index contributed by atoms with van der Waals surface area (Å²) in [5, 5.41) is 0. The number of piperazine rings is 1. The highest BCUT2D eigenvalue weighted by molar-refractivity contribution is 5.95. The zero-order valence-corrected chi connectivity index (χ0v) is 11.4. The van der Waals surface area contributed by atoms with Crippen molar-refractivity contribution in [1.29, 1.82) is 0 Å². The Hall–Kier alpha value is -1.39. The average molecular weight is 259 g/mol. The molecule has 19 heavy (non-hydrogen) atoms. The standard InChI is InChI=1S/C15H21N3O/c1-17-7-8-18(14(19)10-17)13-4-2-3-12(9-13)15(11-16)5-6-15/h2-4,9H,5-8,10-11,16H2,1H3. The van der Waals surface area contributed by atoms with Crippen LogP contribution in [0.4, 0.5) is 5.69 Å². The normalized spacial score (nSPS) is 22.6. The van der Waals surface area contributed by atoms with Crippen LogP contribution in [0, 0.1) is 0 Å². The lowest BCUT2D eigenvalue weighted by atomic mass is 9.95. The second-order valence-electron chi connectivity index (χ2n) is 5.82. The maximum atomic E-state index is 12.1. The minimum absolute atomic E-state index is 0.184. The van der Waals surface area contributed by atoms with Crippen LogP contribution in [-0.2, 0) is 10.2 Å². The third-order valence-electron chi connectivity index (χ3n) is 4.43. The van der Waals surface area contributed by atoms with Crippen LogP contribution in [0.1, 0.15) is 18.4 Å². The van der Waals surface area contributed by atoms with E-state index in [1.807, 2.05) is 24.1 Å². The largest absolute Gasteiger partial charge is 0.330 e. The van der Waals surface area contributed by atoms with E-state index in [-0.39, 0.29) is 11.3 Å². The number of anilines is 1. The molecular weight excluding hydrogens is 238 g/mol. The van der Waals surface area contributed by atoms with Crippen molar-refractivity contribution in [3.8, 4) is 0 Å². The first-order valence-electron chi connectivity index (χ1n) is 6.94. The number of amides is 1. The number of hydrogen-bond donors (Lipinski definition) is 1. The minimum atomic E-state index is 0.184. The van der Waals surface area contributed by atoms with Gasteiger partial charge in [-0.25, -0.2) is 0 Å². The van der Waals surface area contributed by atoms with Crippen LogP contribution >= 0.6 is 0 Å². The summed E-state index contributed by atoms with van der Waals surface area (Å²) in [5.74, 6) is 0.184. The van der Waals surface area contributed by atoms with E-state index in [0.717, 1.165) is 18.8 Å². The summed E-state index contributed by atoms with van der Waals surface area (Å²) in [6.07, 6.45) is 2.34. The molecule has 102 valence electrons. The van der Waals surface area contributed by atoms with Crippen molar-refractivity contribution in [2.45, 2.75) is 18.3 Å². The van der Waals surface area contributed by atoms with Crippen LogP contribution in [-0.4, -0.2) is 44.0 Å². The van der Waals surface area contributed by atoms with Crippen LogP contribution in [0.25, 0.3) is 0 Å². The van der Waals surface area contributed by atoms with Crippen LogP contribution < -0.4 is 10.6 Å². The van der Waals surface area contributed by atoms with E-state index in [1.54, 1.807) is 0 Å². The first-order valence-corrected chi connectivity index (χ1v) is 6.94. The molecular formula is C15H21N3O. The lowest BCUT2D eigenvalue weighted by molar-refractivity contribution is -0.120. The maximum absolute atomic E-state index is 12.1. The number of rotatable bonds is 3. The topological polar surface area (TPSA) is 49.6 Å². The zero-order valence-electron chi connectivity index (χ0n) is 11.4. The Morgan fingerprint density at radius 2 is 2.11 bits per heavy atom. The van der Waals surface area contributed by atoms with Crippen molar-refractivity contribution >= 4 is 11.6 Å². The van der Waals surface area contributed by atoms with Crippen LogP contribution in [0.3, 0.4) is 0 Å². The average Bonchev–Trinajstić information content (AvgIpc) is 3.20. The van der Waals surface area contributed by atoms with Crippen molar-refractivity contribution in [1.82, 2.24) is 4.90 Å². The van der Waals surface area contributed by atoms with Gasteiger partial charge in [0.15, 0.2) is 0 Å². The Labute approximate surface area is 114 Å². The molecule has 4 heteroatoms. The van der Waals surface area contributed by atoms with Gasteiger partial charge in [-0.15, -0.1) is 0 Å². The van der Waals surface area contributed by atoms with Crippen molar-refractivity contribution in [2.75, 3.05) is 38.1 Å². The second-order valence-corrected chi connectivity index (χ2v) is 5.82. The second kappa shape index (κ2) is 4.62. The Balaban J connectivity index is 1.85. The molecule has 0 bridgehead atoms. The molecule has 2 aliphatic rings. The molecule has 0 aromatic heterocycles. The smallest absolute Gasteiger partial charge is 0.241 e. The minimum Gasteiger partial charge on any atom is -0.330 e. The number of carbonyl (C=O) groups excluding carboxylic acids is 1. The van der Waals surface area contributed by atoms with Gasteiger partial charge in [0.1, 0.15) is 0 Å². The van der Waals surface area contributed by atoms with Crippen LogP contribution in [0.5, 0.6) is 0 Å². The fraction of sp³-hybridized carbons (Fsp3) is 0.533. The van der Waals surface area contributed by atoms with Crippen LogP contribution in [0.2, 0.25) is 0 Å². The van der Waals surface area contributed by atoms with E-state index in [2.05, 4.69) is 17.0 Å². The molecule has 1 amide bonds. The zero-order chi connectivity index (χ0) is 13.5. The predicted octanol–water partition coefficient (Wildman–Crippen LogP) is 0.955. The molecule has 2 N–H and O–H groups in total. The first-order chi connectivity index (χ1) is 9.14. The molecule has 1 saturated heterocycles. The third-order valence-corrected chi connectivity index (χ3v) is 4.43. The Morgan fingerprint density at radius 3 is 2.74 bits per heavy atom. The summed E-state index contributed by atoms with van der Waals surface area (Å²) >= 11 is 0. The highest BCUT2D eigenvalue weighted by atomic mass is 16.2. The number of likely N-dealkylation sites (N-methyl/N-ethyl adjacent to an activating group) is 1. The molecule has 4 nitrogen and oxygen atoms in total. The number of benzene rings is 1. The van der Waals surface area contributed by atoms with E-state index in [1.165, 1.54) is 18.4 Å². The molecule has 1 heterocycles. The van der Waals surface area contributed by atoms with Gasteiger partial charge in [0.25, 0.3) is 0 Å². The van der Waals surface area contributed by atoms with Gasteiger partial charge in [0, 0.05) is 30.7 Å². The predicted molar refractivity (Wildman–Crippen MR) is 76.3 cm³/mol. The van der Waals surface area contributed by atoms with Gasteiger partial charge in [-0.1, -0.05) is 12.1 Å². The molecule has 0 spiro atoms. The summed E-state index contributed by atoms with van der Waals surface area (Å²) in [7, 11) is 1.99. The van der Waals surface area contributed by atoms with Crippen molar-refractivity contribution in [2.24, 2.45) is 5.73 Å².